The number of nitrogens with two attached hydrogens (primary N) is 1. The highest BCUT2D eigenvalue weighted by Gasteiger charge is 2.06. The zero-order valence-electron chi connectivity index (χ0n) is 13.2. The Bertz CT molecular complexity index is 600. The Morgan fingerprint density at radius 3 is 2.87 bits per heavy atom. The lowest BCUT2D eigenvalue weighted by molar-refractivity contribution is -0.126. The van der Waals surface area contributed by atoms with Gasteiger partial charge in [0.2, 0.25) is 0 Å². The molecular weight excluding hydrogens is 296 g/mol. The summed E-state index contributed by atoms with van der Waals surface area (Å²) in [4.78, 5) is 18.3. The van der Waals surface area contributed by atoms with Gasteiger partial charge in [-0.3, -0.25) is 4.79 Å². The highest BCUT2D eigenvalue weighted by Crippen LogP contribution is 2.07. The second-order valence-electron chi connectivity index (χ2n) is 5.17. The average Bonchev–Trinajstić information content (AvgIpc) is 2.98. The molecule has 8 heteroatoms. The number of hydrogen-bond acceptors (Lipinski definition) is 6. The van der Waals surface area contributed by atoms with Crippen LogP contribution in [0.25, 0.3) is 11.0 Å². The van der Waals surface area contributed by atoms with E-state index in [1.165, 1.54) is 4.85 Å². The minimum atomic E-state index is -0.173. The van der Waals surface area contributed by atoms with Crippen molar-refractivity contribution in [2.75, 3.05) is 32.8 Å². The van der Waals surface area contributed by atoms with E-state index in [0.717, 1.165) is 49.9 Å². The number of nitrogens with zero attached hydrogens (tertiary/aromatic N) is 3. The van der Waals surface area contributed by atoms with E-state index in [0.29, 0.717) is 6.54 Å². The SMILES string of the molecule is NCCCCNCCCNC(=O)COn1nnc2ccccc21. The van der Waals surface area contributed by atoms with Crippen LogP contribution in [0.2, 0.25) is 0 Å². The van der Waals surface area contributed by atoms with Crippen LogP contribution in [-0.2, 0) is 4.79 Å². The van der Waals surface area contributed by atoms with Crippen molar-refractivity contribution in [3.8, 4) is 0 Å². The maximum Gasteiger partial charge on any atom is 0.260 e. The fraction of sp³-hybridized carbons (Fsp3) is 0.533. The highest BCUT2D eigenvalue weighted by molar-refractivity contribution is 5.77. The molecule has 0 radical (unpaired) electrons. The Hall–Kier alpha value is -2.19. The molecule has 0 saturated heterocycles. The molecule has 0 unspecified atom stereocenters. The molecule has 126 valence electrons. The number of rotatable bonds is 11. The maximum absolute atomic E-state index is 11.7. The van der Waals surface area contributed by atoms with Gasteiger partial charge in [0.05, 0.1) is 0 Å². The van der Waals surface area contributed by atoms with E-state index in [2.05, 4.69) is 20.9 Å². The molecule has 2 rings (SSSR count). The fourth-order valence-electron chi connectivity index (χ4n) is 2.07. The van der Waals surface area contributed by atoms with Gasteiger partial charge in [-0.15, -0.1) is 5.10 Å². The van der Waals surface area contributed by atoms with E-state index in [9.17, 15) is 4.79 Å². The van der Waals surface area contributed by atoms with Crippen LogP contribution < -0.4 is 21.2 Å². The molecule has 4 N–H and O–H groups in total. The molecule has 1 aromatic carbocycles. The predicted octanol–water partition coefficient (Wildman–Crippen LogP) is -0.305. The lowest BCUT2D eigenvalue weighted by Crippen LogP contribution is -2.33. The molecule has 0 aliphatic carbocycles. The number of benzene rings is 1. The fourth-order valence-corrected chi connectivity index (χ4v) is 2.07. The largest absolute Gasteiger partial charge is 0.385 e. The number of nitrogens with one attached hydrogen (secondary N) is 2. The van der Waals surface area contributed by atoms with Crippen molar-refractivity contribution in [2.24, 2.45) is 5.73 Å². The Labute approximate surface area is 135 Å². The molecular formula is C15H24N6O2. The average molecular weight is 320 g/mol. The quantitative estimate of drug-likeness (QED) is 0.491. The summed E-state index contributed by atoms with van der Waals surface area (Å²) in [5.74, 6) is -0.173. The third-order valence-electron chi connectivity index (χ3n) is 3.30. The molecule has 0 atom stereocenters. The number of para-hydroxylation sites is 1. The van der Waals surface area contributed by atoms with Crippen LogP contribution in [-0.4, -0.2) is 53.9 Å². The van der Waals surface area contributed by atoms with Crippen molar-refractivity contribution >= 4 is 16.9 Å². The zero-order chi connectivity index (χ0) is 16.3. The number of unbranched alkanes of at least 4 members (excludes halogenated alkanes) is 1. The zero-order valence-corrected chi connectivity index (χ0v) is 13.2. The van der Waals surface area contributed by atoms with Gasteiger partial charge in [0.15, 0.2) is 6.61 Å². The molecule has 0 aliphatic rings. The van der Waals surface area contributed by atoms with Crippen LogP contribution in [0.5, 0.6) is 0 Å². The second kappa shape index (κ2) is 9.75. The number of carbonyl (C=O) groups is 1. The Kier molecular flexibility index (Phi) is 7.28. The van der Waals surface area contributed by atoms with Crippen molar-refractivity contribution in [3.63, 3.8) is 0 Å². The minimum absolute atomic E-state index is 0.0860. The van der Waals surface area contributed by atoms with Gasteiger partial charge in [0, 0.05) is 6.54 Å². The summed E-state index contributed by atoms with van der Waals surface area (Å²) >= 11 is 0. The molecule has 0 aliphatic heterocycles. The van der Waals surface area contributed by atoms with Crippen LogP contribution in [0.4, 0.5) is 0 Å². The lowest BCUT2D eigenvalue weighted by Gasteiger charge is -2.07. The molecule has 1 aromatic heterocycles. The Morgan fingerprint density at radius 1 is 1.17 bits per heavy atom. The van der Waals surface area contributed by atoms with E-state index in [4.69, 9.17) is 10.6 Å². The molecule has 8 nitrogen and oxygen atoms in total. The first-order valence-electron chi connectivity index (χ1n) is 7.92. The summed E-state index contributed by atoms with van der Waals surface area (Å²) in [6.07, 6.45) is 3.00. The molecule has 2 aromatic rings. The second-order valence-corrected chi connectivity index (χ2v) is 5.17. The van der Waals surface area contributed by atoms with Gasteiger partial charge in [-0.1, -0.05) is 17.0 Å². The summed E-state index contributed by atoms with van der Waals surface area (Å²) in [7, 11) is 0. The number of amides is 1. The smallest absolute Gasteiger partial charge is 0.260 e. The summed E-state index contributed by atoms with van der Waals surface area (Å²) in [5.41, 5.74) is 6.89. The van der Waals surface area contributed by atoms with Gasteiger partial charge in [-0.2, -0.15) is 0 Å². The Morgan fingerprint density at radius 2 is 2.00 bits per heavy atom. The van der Waals surface area contributed by atoms with Crippen LogP contribution in [0.1, 0.15) is 19.3 Å². The first kappa shape index (κ1) is 17.2. The van der Waals surface area contributed by atoms with E-state index in [-0.39, 0.29) is 12.5 Å². The van der Waals surface area contributed by atoms with Gasteiger partial charge in [0.1, 0.15) is 11.0 Å². The molecule has 0 bridgehead atoms. The first-order valence-corrected chi connectivity index (χ1v) is 7.92. The molecule has 0 spiro atoms. The van der Waals surface area contributed by atoms with Gasteiger partial charge in [-0.05, 0) is 56.2 Å². The van der Waals surface area contributed by atoms with Crippen molar-refractivity contribution < 1.29 is 9.63 Å². The van der Waals surface area contributed by atoms with Gasteiger partial charge >= 0.3 is 0 Å². The van der Waals surface area contributed by atoms with Crippen LogP contribution >= 0.6 is 0 Å². The standard InChI is InChI=1S/C15H24N6O2/c16-8-3-4-9-17-10-5-11-18-15(22)12-23-21-14-7-2-1-6-13(14)19-20-21/h1-2,6-7,17H,3-5,8-12,16H2,(H,18,22). The number of carbonyl (C=O) groups excluding carboxylic acids is 1. The van der Waals surface area contributed by atoms with E-state index >= 15 is 0 Å². The number of aromatic nitrogens is 3. The van der Waals surface area contributed by atoms with Gasteiger partial charge < -0.3 is 21.2 Å². The van der Waals surface area contributed by atoms with Crippen molar-refractivity contribution in [2.45, 2.75) is 19.3 Å². The lowest BCUT2D eigenvalue weighted by atomic mass is 10.3. The molecule has 1 amide bonds. The van der Waals surface area contributed by atoms with E-state index in [1.54, 1.807) is 0 Å². The van der Waals surface area contributed by atoms with Crippen molar-refractivity contribution in [1.82, 2.24) is 25.8 Å². The maximum atomic E-state index is 11.7. The van der Waals surface area contributed by atoms with Crippen molar-refractivity contribution in [3.05, 3.63) is 24.3 Å². The molecule has 1 heterocycles. The van der Waals surface area contributed by atoms with E-state index in [1.807, 2.05) is 24.3 Å². The van der Waals surface area contributed by atoms with Gasteiger partial charge in [0.25, 0.3) is 5.91 Å². The first-order chi connectivity index (χ1) is 11.3. The summed E-state index contributed by atoms with van der Waals surface area (Å²) in [5, 5.41) is 13.9. The van der Waals surface area contributed by atoms with E-state index < -0.39 is 0 Å². The predicted molar refractivity (Wildman–Crippen MR) is 87.8 cm³/mol. The van der Waals surface area contributed by atoms with Crippen LogP contribution in [0, 0.1) is 0 Å². The number of hydrogen-bond donors (Lipinski definition) is 3. The molecule has 0 fully saturated rings. The van der Waals surface area contributed by atoms with Crippen LogP contribution in [0.15, 0.2) is 24.3 Å². The number of fused-ring (bicyclic) bond motifs is 1. The topological polar surface area (TPSA) is 107 Å². The highest BCUT2D eigenvalue weighted by atomic mass is 16.7. The van der Waals surface area contributed by atoms with Crippen molar-refractivity contribution in [1.29, 1.82) is 0 Å². The Balaban J connectivity index is 1.57. The summed E-state index contributed by atoms with van der Waals surface area (Å²) < 4.78 is 0. The van der Waals surface area contributed by atoms with Gasteiger partial charge in [-0.25, -0.2) is 0 Å². The molecule has 23 heavy (non-hydrogen) atoms. The normalized spacial score (nSPS) is 10.8. The summed E-state index contributed by atoms with van der Waals surface area (Å²) in [6.45, 7) is 3.10. The minimum Gasteiger partial charge on any atom is -0.385 e. The molecule has 0 saturated carbocycles. The monoisotopic (exact) mass is 320 g/mol. The van der Waals surface area contributed by atoms with Crippen LogP contribution in [0.3, 0.4) is 0 Å². The third-order valence-corrected chi connectivity index (χ3v) is 3.30. The summed E-state index contributed by atoms with van der Waals surface area (Å²) in [6, 6.07) is 7.41. The third kappa shape index (κ3) is 5.84.